The summed E-state index contributed by atoms with van der Waals surface area (Å²) in [5.41, 5.74) is 0.529. The van der Waals surface area contributed by atoms with Crippen LogP contribution in [0, 0.1) is 0 Å². The van der Waals surface area contributed by atoms with Crippen LogP contribution in [0.4, 0.5) is 5.69 Å². The van der Waals surface area contributed by atoms with Crippen molar-refractivity contribution < 1.29 is 14.3 Å². The molecule has 0 bridgehead atoms. The Labute approximate surface area is 103 Å². The van der Waals surface area contributed by atoms with Gasteiger partial charge >= 0.3 is 5.97 Å². The molecule has 1 N–H and O–H groups in total. The van der Waals surface area contributed by atoms with Crippen LogP contribution >= 0.6 is 11.3 Å². The Morgan fingerprint density at radius 3 is 2.94 bits per heavy atom. The van der Waals surface area contributed by atoms with Gasteiger partial charge in [0.15, 0.2) is 0 Å². The summed E-state index contributed by atoms with van der Waals surface area (Å²) in [6, 6.07) is 2.20. The van der Waals surface area contributed by atoms with Gasteiger partial charge in [0.2, 0.25) is 5.91 Å². The van der Waals surface area contributed by atoms with Crippen LogP contribution in [-0.4, -0.2) is 43.0 Å². The van der Waals surface area contributed by atoms with Crippen LogP contribution < -0.4 is 5.32 Å². The molecule has 1 saturated heterocycles. The zero-order valence-corrected chi connectivity index (χ0v) is 10.5. The topological polar surface area (TPSA) is 58.4 Å². The van der Waals surface area contributed by atoms with Crippen molar-refractivity contribution in [2.45, 2.75) is 13.0 Å². The minimum atomic E-state index is -0.421. The normalized spacial score (nSPS) is 22.0. The van der Waals surface area contributed by atoms with Crippen molar-refractivity contribution in [2.24, 2.45) is 0 Å². The maximum Gasteiger partial charge on any atom is 0.350 e. The number of hydrogen-bond acceptors (Lipinski definition) is 5. The summed E-state index contributed by atoms with van der Waals surface area (Å²) in [7, 11) is 1.32. The van der Waals surface area contributed by atoms with Crippen molar-refractivity contribution in [1.29, 1.82) is 0 Å². The molecule has 0 saturated carbocycles. The van der Waals surface area contributed by atoms with Crippen molar-refractivity contribution in [2.75, 3.05) is 25.5 Å². The molecule has 5 nitrogen and oxygen atoms in total. The van der Waals surface area contributed by atoms with Crippen molar-refractivity contribution in [1.82, 2.24) is 4.90 Å². The number of amides is 1. The third kappa shape index (κ3) is 2.83. The van der Waals surface area contributed by atoms with Gasteiger partial charge in [-0.1, -0.05) is 0 Å². The van der Waals surface area contributed by atoms with E-state index in [0.717, 1.165) is 6.54 Å². The highest BCUT2D eigenvalue weighted by Gasteiger charge is 2.30. The van der Waals surface area contributed by atoms with Gasteiger partial charge in [-0.25, -0.2) is 4.79 Å². The lowest BCUT2D eigenvalue weighted by Gasteiger charge is -2.05. The van der Waals surface area contributed by atoms with Gasteiger partial charge in [0.05, 0.1) is 19.3 Å². The van der Waals surface area contributed by atoms with Gasteiger partial charge in [-0.05, 0) is 18.4 Å². The quantitative estimate of drug-likeness (QED) is 0.647. The molecule has 0 spiro atoms. The molecule has 0 aromatic carbocycles. The van der Waals surface area contributed by atoms with E-state index in [4.69, 9.17) is 0 Å². The van der Waals surface area contributed by atoms with E-state index < -0.39 is 5.97 Å². The first-order chi connectivity index (χ1) is 8.11. The molecule has 17 heavy (non-hydrogen) atoms. The average Bonchev–Trinajstić information content (AvgIpc) is 2.80. The van der Waals surface area contributed by atoms with Crippen LogP contribution in [0.3, 0.4) is 0 Å². The molecular weight excluding hydrogens is 240 g/mol. The predicted molar refractivity (Wildman–Crippen MR) is 65.3 cm³/mol. The van der Waals surface area contributed by atoms with E-state index in [1.165, 1.54) is 18.4 Å². The summed E-state index contributed by atoms with van der Waals surface area (Å²) in [5.74, 6) is -0.520. The second kappa shape index (κ2) is 4.85. The van der Waals surface area contributed by atoms with E-state index in [0.29, 0.717) is 23.2 Å². The average molecular weight is 254 g/mol. The van der Waals surface area contributed by atoms with Crippen LogP contribution in [0.2, 0.25) is 0 Å². The van der Waals surface area contributed by atoms with Crippen LogP contribution in [0.15, 0.2) is 11.4 Å². The van der Waals surface area contributed by atoms with E-state index in [1.54, 1.807) is 11.4 Å². The Hall–Kier alpha value is -1.40. The van der Waals surface area contributed by atoms with Crippen molar-refractivity contribution >= 4 is 28.9 Å². The van der Waals surface area contributed by atoms with E-state index in [2.05, 4.69) is 17.0 Å². The van der Waals surface area contributed by atoms with E-state index in [1.807, 2.05) is 4.90 Å². The van der Waals surface area contributed by atoms with Crippen molar-refractivity contribution in [3.8, 4) is 0 Å². The Balaban J connectivity index is 1.96. The smallest absolute Gasteiger partial charge is 0.350 e. The molecular formula is C11H14N2O3S. The summed E-state index contributed by atoms with van der Waals surface area (Å²) in [5, 5.41) is 4.48. The zero-order valence-electron chi connectivity index (χ0n) is 9.73. The molecule has 2 atom stereocenters. The molecule has 92 valence electrons. The predicted octanol–water partition coefficient (Wildman–Crippen LogP) is 1.18. The summed E-state index contributed by atoms with van der Waals surface area (Å²) < 4.78 is 4.64. The number of hydrogen-bond donors (Lipinski definition) is 1. The molecule has 1 aromatic rings. The lowest BCUT2D eigenvalue weighted by molar-refractivity contribution is -0.116. The van der Waals surface area contributed by atoms with Crippen molar-refractivity contribution in [3.05, 3.63) is 16.3 Å². The Morgan fingerprint density at radius 2 is 2.35 bits per heavy atom. The Bertz CT molecular complexity index is 444. The number of ether oxygens (including phenoxy) is 1. The maximum absolute atomic E-state index is 11.7. The molecule has 1 unspecified atom stereocenters. The van der Waals surface area contributed by atoms with Crippen LogP contribution in [0.1, 0.15) is 16.6 Å². The lowest BCUT2D eigenvalue weighted by atomic mass is 10.3. The highest BCUT2D eigenvalue weighted by molar-refractivity contribution is 7.12. The van der Waals surface area contributed by atoms with Gasteiger partial charge in [0.25, 0.3) is 0 Å². The highest BCUT2D eigenvalue weighted by Crippen LogP contribution is 2.23. The van der Waals surface area contributed by atoms with Gasteiger partial charge in [0.1, 0.15) is 4.88 Å². The molecule has 1 aliphatic rings. The number of nitrogens with zero attached hydrogens (tertiary/aromatic N) is 1. The first-order valence-electron chi connectivity index (χ1n) is 5.31. The van der Waals surface area contributed by atoms with Crippen LogP contribution in [0.5, 0.6) is 0 Å². The monoisotopic (exact) mass is 254 g/mol. The van der Waals surface area contributed by atoms with Crippen molar-refractivity contribution in [3.63, 3.8) is 0 Å². The largest absolute Gasteiger partial charge is 0.465 e. The SMILES string of the molecule is COC(=O)c1sccc1NC(=O)CN1C[C@H]1C. The number of rotatable bonds is 4. The molecule has 2 rings (SSSR count). The minimum Gasteiger partial charge on any atom is -0.465 e. The number of anilines is 1. The second-order valence-corrected chi connectivity index (χ2v) is 4.90. The van der Waals surface area contributed by atoms with Gasteiger partial charge < -0.3 is 10.1 Å². The molecule has 1 aromatic heterocycles. The fourth-order valence-corrected chi connectivity index (χ4v) is 2.31. The number of nitrogens with one attached hydrogen (secondary N) is 1. The molecule has 2 heterocycles. The molecule has 1 fully saturated rings. The fraction of sp³-hybridized carbons (Fsp3) is 0.455. The van der Waals surface area contributed by atoms with E-state index in [9.17, 15) is 9.59 Å². The number of esters is 1. The third-order valence-electron chi connectivity index (χ3n) is 2.65. The molecule has 6 heteroatoms. The van der Waals surface area contributed by atoms with Crippen LogP contribution in [-0.2, 0) is 9.53 Å². The first kappa shape index (κ1) is 12.1. The number of carbonyl (C=O) groups is 2. The number of carbonyl (C=O) groups excluding carboxylic acids is 2. The molecule has 0 aliphatic carbocycles. The summed E-state index contributed by atoms with van der Waals surface area (Å²) in [4.78, 5) is 25.5. The minimum absolute atomic E-state index is 0.0992. The zero-order chi connectivity index (χ0) is 12.4. The lowest BCUT2D eigenvalue weighted by Crippen LogP contribution is -2.22. The van der Waals surface area contributed by atoms with Gasteiger partial charge in [0, 0.05) is 12.6 Å². The highest BCUT2D eigenvalue weighted by atomic mass is 32.1. The molecule has 1 aliphatic heterocycles. The summed E-state index contributed by atoms with van der Waals surface area (Å²) in [6.07, 6.45) is 0. The number of thiophene rings is 1. The third-order valence-corrected chi connectivity index (χ3v) is 3.54. The Kier molecular flexibility index (Phi) is 3.44. The van der Waals surface area contributed by atoms with Crippen LogP contribution in [0.25, 0.3) is 0 Å². The Morgan fingerprint density at radius 1 is 1.65 bits per heavy atom. The number of methoxy groups -OCH3 is 1. The van der Waals surface area contributed by atoms with E-state index >= 15 is 0 Å². The first-order valence-corrected chi connectivity index (χ1v) is 6.19. The van der Waals surface area contributed by atoms with Gasteiger partial charge in [-0.3, -0.25) is 9.69 Å². The second-order valence-electron chi connectivity index (χ2n) is 3.98. The standard InChI is InChI=1S/C11H14N2O3S/c1-7-5-13(7)6-9(14)12-8-3-4-17-10(8)11(15)16-2/h3-4,7H,5-6H2,1-2H3,(H,12,14)/t7-,13?/m1/s1. The molecule has 1 amide bonds. The molecule has 0 radical (unpaired) electrons. The van der Waals surface area contributed by atoms with Gasteiger partial charge in [-0.15, -0.1) is 11.3 Å². The van der Waals surface area contributed by atoms with E-state index in [-0.39, 0.29) is 5.91 Å². The summed E-state index contributed by atoms with van der Waals surface area (Å²) in [6.45, 7) is 3.40. The maximum atomic E-state index is 11.7. The summed E-state index contributed by atoms with van der Waals surface area (Å²) >= 11 is 1.26. The van der Waals surface area contributed by atoms with Gasteiger partial charge in [-0.2, -0.15) is 0 Å². The fourth-order valence-electron chi connectivity index (χ4n) is 1.55.